The molecule has 0 amide bonds. The van der Waals surface area contributed by atoms with Gasteiger partial charge in [-0.2, -0.15) is 0 Å². The Bertz CT molecular complexity index is 1020. The van der Waals surface area contributed by atoms with Crippen molar-refractivity contribution in [2.45, 2.75) is 25.6 Å². The van der Waals surface area contributed by atoms with Gasteiger partial charge in [0.25, 0.3) is 0 Å². The molecular weight excluding hydrogens is 466 g/mol. The molecule has 0 aliphatic carbocycles. The van der Waals surface area contributed by atoms with Crippen molar-refractivity contribution in [3.63, 3.8) is 0 Å². The van der Waals surface area contributed by atoms with Crippen LogP contribution in [-0.2, 0) is 15.1 Å². The summed E-state index contributed by atoms with van der Waals surface area (Å²) < 4.78 is 28.5. The highest BCUT2D eigenvalue weighted by Gasteiger charge is 2.40. The Morgan fingerprint density at radius 1 is 1.06 bits per heavy atom. The first kappa shape index (κ1) is 22.8. The van der Waals surface area contributed by atoms with Crippen molar-refractivity contribution in [1.29, 1.82) is 0 Å². The van der Waals surface area contributed by atoms with Crippen LogP contribution in [0.4, 0.5) is 0 Å². The van der Waals surface area contributed by atoms with E-state index in [0.29, 0.717) is 44.8 Å². The zero-order chi connectivity index (χ0) is 22.6. The number of ether oxygens (including phenoxy) is 4. The molecule has 164 valence electrons. The minimum absolute atomic E-state index is 0.0401. The number of benzene rings is 2. The fraction of sp³-hybridized carbons (Fsp3) is 0.304. The van der Waals surface area contributed by atoms with E-state index in [4.69, 9.17) is 23.4 Å². The lowest BCUT2D eigenvalue weighted by atomic mass is 9.94. The Balaban J connectivity index is 2.03. The summed E-state index contributed by atoms with van der Waals surface area (Å²) in [6.45, 7) is 3.89. The third-order valence-corrected chi connectivity index (χ3v) is 5.49. The Morgan fingerprint density at radius 3 is 2.16 bits per heavy atom. The summed E-state index contributed by atoms with van der Waals surface area (Å²) in [5, 5.41) is 0. The summed E-state index contributed by atoms with van der Waals surface area (Å²) in [5.41, 5.74) is 0.268. The molecule has 0 saturated heterocycles. The van der Waals surface area contributed by atoms with E-state index >= 15 is 0 Å². The van der Waals surface area contributed by atoms with E-state index in [0.717, 1.165) is 0 Å². The van der Waals surface area contributed by atoms with Gasteiger partial charge in [-0.1, -0.05) is 12.1 Å². The van der Waals surface area contributed by atoms with Gasteiger partial charge in [-0.05, 0) is 54.0 Å². The number of rotatable bonds is 9. The summed E-state index contributed by atoms with van der Waals surface area (Å²) in [7, 11) is 4.56. The molecule has 0 aliphatic heterocycles. The summed E-state index contributed by atoms with van der Waals surface area (Å²) in [5.74, 6) is 1.95. The van der Waals surface area contributed by atoms with Gasteiger partial charge in [0, 0.05) is 18.2 Å². The van der Waals surface area contributed by atoms with Crippen LogP contribution in [0.3, 0.4) is 0 Å². The minimum atomic E-state index is -1.50. The highest BCUT2D eigenvalue weighted by Crippen LogP contribution is 2.40. The average Bonchev–Trinajstić information content (AvgIpc) is 3.26. The van der Waals surface area contributed by atoms with Gasteiger partial charge in [0.15, 0.2) is 6.29 Å². The van der Waals surface area contributed by atoms with Crippen LogP contribution in [0.25, 0.3) is 11.3 Å². The number of methoxy groups -OCH3 is 3. The van der Waals surface area contributed by atoms with E-state index in [1.165, 1.54) is 13.4 Å². The lowest BCUT2D eigenvalue weighted by Crippen LogP contribution is -2.32. The number of carbonyl (C=O) groups is 1. The van der Waals surface area contributed by atoms with Crippen molar-refractivity contribution in [1.82, 2.24) is 4.98 Å². The van der Waals surface area contributed by atoms with Crippen LogP contribution in [0.5, 0.6) is 17.2 Å². The van der Waals surface area contributed by atoms with Crippen LogP contribution in [0.2, 0.25) is 0 Å². The van der Waals surface area contributed by atoms with Crippen molar-refractivity contribution in [3.05, 3.63) is 58.6 Å². The molecule has 0 spiro atoms. The van der Waals surface area contributed by atoms with Crippen LogP contribution in [0, 0.1) is 0 Å². The van der Waals surface area contributed by atoms with Crippen molar-refractivity contribution in [3.8, 4) is 28.5 Å². The average molecular weight is 490 g/mol. The molecule has 0 fully saturated rings. The summed E-state index contributed by atoms with van der Waals surface area (Å²) in [6, 6.07) is 10.7. The van der Waals surface area contributed by atoms with Gasteiger partial charge in [-0.25, -0.2) is 4.98 Å². The van der Waals surface area contributed by atoms with Crippen molar-refractivity contribution >= 4 is 22.2 Å². The van der Waals surface area contributed by atoms with Gasteiger partial charge in [0.05, 0.1) is 20.3 Å². The van der Waals surface area contributed by atoms with Crippen LogP contribution in [-0.4, -0.2) is 38.7 Å². The summed E-state index contributed by atoms with van der Waals surface area (Å²) >= 11 is 3.45. The number of nitrogens with zero attached hydrogens (tertiary/aromatic N) is 1. The van der Waals surface area contributed by atoms with Gasteiger partial charge in [-0.15, -0.1) is 0 Å². The first-order valence-electron chi connectivity index (χ1n) is 9.55. The SMILES string of the molecule is COc1cc(-c2coc(C(C=O)(OC)c3ccc(OC(C)C)cc3)n2)cc(OC)c1Br. The van der Waals surface area contributed by atoms with E-state index < -0.39 is 5.60 Å². The standard InChI is InChI=1S/C23H24BrNO6/c1-14(2)31-17-8-6-16(7-9-17)23(13-26,29-5)22-25-18(12-30-22)15-10-19(27-3)21(24)20(11-15)28-4/h6-14H,1-5H3. The quantitative estimate of drug-likeness (QED) is 0.391. The fourth-order valence-electron chi connectivity index (χ4n) is 3.14. The number of halogens is 1. The van der Waals surface area contributed by atoms with Gasteiger partial charge < -0.3 is 23.4 Å². The maximum Gasteiger partial charge on any atom is 0.239 e. The molecule has 7 nitrogen and oxygen atoms in total. The largest absolute Gasteiger partial charge is 0.495 e. The molecule has 0 N–H and O–H groups in total. The molecule has 0 saturated carbocycles. The van der Waals surface area contributed by atoms with Crippen molar-refractivity contribution in [2.75, 3.05) is 21.3 Å². The molecule has 31 heavy (non-hydrogen) atoms. The molecule has 1 atom stereocenters. The molecule has 0 radical (unpaired) electrons. The first-order valence-corrected chi connectivity index (χ1v) is 10.3. The highest BCUT2D eigenvalue weighted by molar-refractivity contribution is 9.10. The molecule has 8 heteroatoms. The maximum atomic E-state index is 12.2. The van der Waals surface area contributed by atoms with Crippen molar-refractivity contribution in [2.24, 2.45) is 0 Å². The van der Waals surface area contributed by atoms with Crippen LogP contribution >= 0.6 is 15.9 Å². The smallest absolute Gasteiger partial charge is 0.239 e. The Morgan fingerprint density at radius 2 is 1.68 bits per heavy atom. The zero-order valence-corrected chi connectivity index (χ0v) is 19.6. The molecule has 0 bridgehead atoms. The second-order valence-electron chi connectivity index (χ2n) is 6.98. The molecule has 1 aromatic heterocycles. The molecule has 0 aliphatic rings. The van der Waals surface area contributed by atoms with Crippen LogP contribution < -0.4 is 14.2 Å². The molecule has 2 aromatic carbocycles. The predicted octanol–water partition coefficient (Wildman–Crippen LogP) is 5.00. The molecule has 1 heterocycles. The first-order chi connectivity index (χ1) is 14.9. The number of aromatic nitrogens is 1. The second-order valence-corrected chi connectivity index (χ2v) is 7.77. The van der Waals surface area contributed by atoms with Crippen LogP contribution in [0.1, 0.15) is 25.3 Å². The molecule has 1 unspecified atom stereocenters. The van der Waals surface area contributed by atoms with E-state index in [1.54, 1.807) is 50.6 Å². The molecule has 3 aromatic rings. The molecule has 3 rings (SSSR count). The van der Waals surface area contributed by atoms with Gasteiger partial charge >= 0.3 is 0 Å². The Kier molecular flexibility index (Phi) is 7.02. The predicted molar refractivity (Wildman–Crippen MR) is 119 cm³/mol. The van der Waals surface area contributed by atoms with Crippen LogP contribution in [0.15, 0.2) is 51.6 Å². The number of carbonyl (C=O) groups excluding carboxylic acids is 1. The number of aldehydes is 1. The van der Waals surface area contributed by atoms with Gasteiger partial charge in [0.2, 0.25) is 11.5 Å². The Hall–Kier alpha value is -2.84. The van der Waals surface area contributed by atoms with E-state index in [9.17, 15) is 4.79 Å². The van der Waals surface area contributed by atoms with E-state index in [-0.39, 0.29) is 12.0 Å². The molecular formula is C23H24BrNO6. The minimum Gasteiger partial charge on any atom is -0.495 e. The van der Waals surface area contributed by atoms with E-state index in [1.807, 2.05) is 13.8 Å². The third-order valence-electron chi connectivity index (χ3n) is 4.71. The lowest BCUT2D eigenvalue weighted by Gasteiger charge is -2.23. The number of oxazole rings is 1. The van der Waals surface area contributed by atoms with Crippen molar-refractivity contribution < 1.29 is 28.2 Å². The number of hydrogen-bond donors (Lipinski definition) is 0. The lowest BCUT2D eigenvalue weighted by molar-refractivity contribution is -0.126. The number of hydrogen-bond acceptors (Lipinski definition) is 7. The summed E-state index contributed by atoms with van der Waals surface area (Å²) in [4.78, 5) is 16.8. The Labute approximate surface area is 189 Å². The normalized spacial score (nSPS) is 13.0. The monoisotopic (exact) mass is 489 g/mol. The van der Waals surface area contributed by atoms with Gasteiger partial charge in [-0.3, -0.25) is 4.79 Å². The third kappa shape index (κ3) is 4.45. The fourth-order valence-corrected chi connectivity index (χ4v) is 3.70. The second kappa shape index (κ2) is 9.53. The van der Waals surface area contributed by atoms with E-state index in [2.05, 4.69) is 20.9 Å². The highest BCUT2D eigenvalue weighted by atomic mass is 79.9. The summed E-state index contributed by atoms with van der Waals surface area (Å²) in [6.07, 6.45) is 2.17. The maximum absolute atomic E-state index is 12.2. The zero-order valence-electron chi connectivity index (χ0n) is 18.0. The van der Waals surface area contributed by atoms with Gasteiger partial charge in [0.1, 0.15) is 33.7 Å². The topological polar surface area (TPSA) is 80.0 Å².